The molecular formula is C15H24S2. The van der Waals surface area contributed by atoms with Crippen LogP contribution in [0.3, 0.4) is 0 Å². The molecule has 0 amide bonds. The van der Waals surface area contributed by atoms with Gasteiger partial charge in [-0.3, -0.25) is 0 Å². The summed E-state index contributed by atoms with van der Waals surface area (Å²) in [6.45, 7) is 4.62. The molecule has 0 atom stereocenters. The fourth-order valence-electron chi connectivity index (χ4n) is 1.63. The second kappa shape index (κ2) is 9.90. The summed E-state index contributed by atoms with van der Waals surface area (Å²) >= 11 is 0. The number of hydrogen-bond acceptors (Lipinski definition) is 2. The monoisotopic (exact) mass is 268 g/mol. The highest BCUT2D eigenvalue weighted by molar-refractivity contribution is 8.76. The first-order valence-electron chi connectivity index (χ1n) is 6.57. The lowest BCUT2D eigenvalue weighted by Gasteiger charge is -2.04. The van der Waals surface area contributed by atoms with Gasteiger partial charge in [0.15, 0.2) is 0 Å². The molecule has 0 bridgehead atoms. The Hall–Kier alpha value is -0.0800. The minimum atomic E-state index is 0.870. The molecule has 1 aromatic carbocycles. The second-order valence-corrected chi connectivity index (χ2v) is 7.40. The van der Waals surface area contributed by atoms with Crippen molar-refractivity contribution in [3.05, 3.63) is 35.9 Å². The highest BCUT2D eigenvalue weighted by atomic mass is 33.1. The van der Waals surface area contributed by atoms with Crippen molar-refractivity contribution in [2.75, 3.05) is 5.75 Å². The summed E-state index contributed by atoms with van der Waals surface area (Å²) in [6, 6.07) is 10.7. The molecule has 0 saturated carbocycles. The van der Waals surface area contributed by atoms with Crippen LogP contribution in [0.25, 0.3) is 0 Å². The van der Waals surface area contributed by atoms with E-state index in [0.717, 1.165) is 11.7 Å². The van der Waals surface area contributed by atoms with Crippen LogP contribution in [0.15, 0.2) is 30.3 Å². The van der Waals surface area contributed by atoms with Gasteiger partial charge in [0.1, 0.15) is 0 Å². The van der Waals surface area contributed by atoms with E-state index in [0.29, 0.717) is 0 Å². The molecule has 0 aliphatic rings. The van der Waals surface area contributed by atoms with Crippen molar-refractivity contribution in [2.24, 2.45) is 5.92 Å². The van der Waals surface area contributed by atoms with Crippen LogP contribution in [0.5, 0.6) is 0 Å². The average Bonchev–Trinajstić information content (AvgIpc) is 2.33. The summed E-state index contributed by atoms with van der Waals surface area (Å²) in [5.74, 6) is 3.31. The molecule has 0 saturated heterocycles. The Labute approximate surface area is 114 Å². The third-order valence-electron chi connectivity index (χ3n) is 2.66. The quantitative estimate of drug-likeness (QED) is 0.411. The van der Waals surface area contributed by atoms with E-state index in [-0.39, 0.29) is 0 Å². The van der Waals surface area contributed by atoms with Gasteiger partial charge in [0.05, 0.1) is 0 Å². The average molecular weight is 268 g/mol. The Balaban J connectivity index is 1.88. The maximum atomic E-state index is 2.31. The summed E-state index contributed by atoms with van der Waals surface area (Å²) in [4.78, 5) is 0. The van der Waals surface area contributed by atoms with Crippen molar-refractivity contribution >= 4 is 21.6 Å². The van der Waals surface area contributed by atoms with E-state index >= 15 is 0 Å². The van der Waals surface area contributed by atoms with Gasteiger partial charge in [-0.25, -0.2) is 0 Å². The van der Waals surface area contributed by atoms with Crippen LogP contribution in [0.2, 0.25) is 0 Å². The molecule has 0 radical (unpaired) electrons. The molecule has 2 heteroatoms. The highest BCUT2D eigenvalue weighted by Gasteiger charge is 1.96. The SMILES string of the molecule is CC(C)CCCCCSSCc1ccccc1. The molecule has 0 nitrogen and oxygen atoms in total. The van der Waals surface area contributed by atoms with Gasteiger partial charge in [0, 0.05) is 11.5 Å². The molecule has 0 heterocycles. The molecule has 96 valence electrons. The number of hydrogen-bond donors (Lipinski definition) is 0. The van der Waals surface area contributed by atoms with E-state index in [1.807, 2.05) is 21.6 Å². The maximum absolute atomic E-state index is 2.31. The lowest BCUT2D eigenvalue weighted by Crippen LogP contribution is -1.87. The Morgan fingerprint density at radius 1 is 0.941 bits per heavy atom. The lowest BCUT2D eigenvalue weighted by molar-refractivity contribution is 0.535. The van der Waals surface area contributed by atoms with E-state index in [1.165, 1.54) is 37.0 Å². The largest absolute Gasteiger partial charge is 0.0938 e. The predicted octanol–water partition coefficient (Wildman–Crippen LogP) is 5.78. The first-order valence-corrected chi connectivity index (χ1v) is 9.06. The summed E-state index contributed by atoms with van der Waals surface area (Å²) in [5.41, 5.74) is 1.44. The molecule has 17 heavy (non-hydrogen) atoms. The maximum Gasteiger partial charge on any atom is 0.0288 e. The second-order valence-electron chi connectivity index (χ2n) is 4.81. The molecule has 0 spiro atoms. The van der Waals surface area contributed by atoms with Gasteiger partial charge in [-0.05, 0) is 17.9 Å². The molecule has 0 aliphatic heterocycles. The van der Waals surface area contributed by atoms with Crippen LogP contribution >= 0.6 is 21.6 Å². The summed E-state index contributed by atoms with van der Waals surface area (Å²) in [5, 5.41) is 0. The fraction of sp³-hybridized carbons (Fsp3) is 0.600. The van der Waals surface area contributed by atoms with Gasteiger partial charge in [0.2, 0.25) is 0 Å². The van der Waals surface area contributed by atoms with E-state index < -0.39 is 0 Å². The van der Waals surface area contributed by atoms with Crippen LogP contribution in [0.1, 0.15) is 45.1 Å². The Morgan fingerprint density at radius 3 is 2.41 bits per heavy atom. The number of rotatable bonds is 9. The molecule has 1 aromatic rings. The molecule has 0 N–H and O–H groups in total. The van der Waals surface area contributed by atoms with Crippen molar-refractivity contribution in [2.45, 2.75) is 45.3 Å². The van der Waals surface area contributed by atoms with Crippen molar-refractivity contribution in [3.63, 3.8) is 0 Å². The van der Waals surface area contributed by atoms with Crippen molar-refractivity contribution in [1.82, 2.24) is 0 Å². The first-order chi connectivity index (χ1) is 8.29. The summed E-state index contributed by atoms with van der Waals surface area (Å²) in [7, 11) is 4.01. The van der Waals surface area contributed by atoms with E-state index in [2.05, 4.69) is 44.2 Å². The summed E-state index contributed by atoms with van der Waals surface area (Å²) < 4.78 is 0. The van der Waals surface area contributed by atoms with Gasteiger partial charge in [-0.2, -0.15) is 0 Å². The van der Waals surface area contributed by atoms with E-state index in [9.17, 15) is 0 Å². The van der Waals surface area contributed by atoms with Crippen LogP contribution < -0.4 is 0 Å². The van der Waals surface area contributed by atoms with Crippen LogP contribution in [-0.2, 0) is 5.75 Å². The van der Waals surface area contributed by atoms with Crippen molar-refractivity contribution in [1.29, 1.82) is 0 Å². The zero-order valence-electron chi connectivity index (χ0n) is 11.0. The minimum absolute atomic E-state index is 0.870. The van der Waals surface area contributed by atoms with Crippen LogP contribution in [0, 0.1) is 5.92 Å². The van der Waals surface area contributed by atoms with Crippen LogP contribution in [0.4, 0.5) is 0 Å². The van der Waals surface area contributed by atoms with E-state index in [4.69, 9.17) is 0 Å². The fourth-order valence-corrected chi connectivity index (χ4v) is 3.85. The molecule has 0 aliphatic carbocycles. The standard InChI is InChI=1S/C15H24S2/c1-14(2)9-5-4-8-12-16-17-13-15-10-6-3-7-11-15/h3,6-7,10-11,14H,4-5,8-9,12-13H2,1-2H3. The highest BCUT2D eigenvalue weighted by Crippen LogP contribution is 2.27. The zero-order chi connectivity index (χ0) is 12.3. The Bertz CT molecular complexity index is 270. The van der Waals surface area contributed by atoms with Crippen molar-refractivity contribution < 1.29 is 0 Å². The number of unbranched alkanes of at least 4 members (excludes halogenated alkanes) is 2. The first kappa shape index (κ1) is 15.0. The smallest absolute Gasteiger partial charge is 0.0288 e. The minimum Gasteiger partial charge on any atom is -0.0938 e. The summed E-state index contributed by atoms with van der Waals surface area (Å²) in [6.07, 6.45) is 5.57. The number of benzene rings is 1. The molecule has 0 aromatic heterocycles. The topological polar surface area (TPSA) is 0 Å². The van der Waals surface area contributed by atoms with Crippen LogP contribution in [-0.4, -0.2) is 5.75 Å². The Kier molecular flexibility index (Phi) is 8.72. The van der Waals surface area contributed by atoms with Gasteiger partial charge in [-0.15, -0.1) is 0 Å². The molecule has 0 fully saturated rings. The molecular weight excluding hydrogens is 244 g/mol. The zero-order valence-corrected chi connectivity index (χ0v) is 12.7. The van der Waals surface area contributed by atoms with Gasteiger partial charge < -0.3 is 0 Å². The van der Waals surface area contributed by atoms with Gasteiger partial charge in [-0.1, -0.05) is 85.0 Å². The normalized spacial score (nSPS) is 11.0. The predicted molar refractivity (Wildman–Crippen MR) is 83.5 cm³/mol. The third kappa shape index (κ3) is 8.62. The Morgan fingerprint density at radius 2 is 1.71 bits per heavy atom. The molecule has 0 unspecified atom stereocenters. The molecule has 1 rings (SSSR count). The van der Waals surface area contributed by atoms with E-state index in [1.54, 1.807) is 0 Å². The van der Waals surface area contributed by atoms with Gasteiger partial charge in [0.25, 0.3) is 0 Å². The van der Waals surface area contributed by atoms with Gasteiger partial charge >= 0.3 is 0 Å². The third-order valence-corrected chi connectivity index (χ3v) is 5.09. The van der Waals surface area contributed by atoms with Crippen molar-refractivity contribution in [3.8, 4) is 0 Å². The lowest BCUT2D eigenvalue weighted by atomic mass is 10.1.